The average molecular weight is 244 g/mol. The predicted molar refractivity (Wildman–Crippen MR) is 50.9 cm³/mol. The van der Waals surface area contributed by atoms with Gasteiger partial charge in [-0.2, -0.15) is 8.78 Å². The van der Waals surface area contributed by atoms with E-state index in [4.69, 9.17) is 0 Å². The number of Topliss-reactive ketones (excluding diaryl/α,β-unsaturated/α-hetero) is 1. The largest absolute Gasteiger partial charge is 0.367 e. The maximum Gasteiger partial charge on any atom is 0.330 e. The molecule has 0 atom stereocenters. The summed E-state index contributed by atoms with van der Waals surface area (Å²) < 4.78 is 52.2. The first kappa shape index (κ1) is 15.3. The molecule has 0 aliphatic carbocycles. The van der Waals surface area contributed by atoms with Gasteiger partial charge in [-0.1, -0.05) is 19.8 Å². The van der Waals surface area contributed by atoms with Crippen molar-refractivity contribution in [3.63, 3.8) is 0 Å². The molecule has 6 heteroatoms. The fourth-order valence-corrected chi connectivity index (χ4v) is 1.01. The highest BCUT2D eigenvalue weighted by molar-refractivity contribution is 5.79. The van der Waals surface area contributed by atoms with Crippen molar-refractivity contribution in [2.75, 3.05) is 13.2 Å². The number of ketones is 1. The molecular weight excluding hydrogens is 228 g/mol. The van der Waals surface area contributed by atoms with Crippen molar-refractivity contribution in [2.45, 2.75) is 45.0 Å². The average Bonchev–Trinajstić information content (AvgIpc) is 2.17. The van der Waals surface area contributed by atoms with Crippen molar-refractivity contribution in [3.05, 3.63) is 0 Å². The van der Waals surface area contributed by atoms with Crippen LogP contribution in [0.15, 0.2) is 0 Å². The summed E-state index contributed by atoms with van der Waals surface area (Å²) in [6, 6.07) is 0. The van der Waals surface area contributed by atoms with Crippen LogP contribution in [-0.2, 0) is 9.53 Å². The lowest BCUT2D eigenvalue weighted by Gasteiger charge is -2.14. The van der Waals surface area contributed by atoms with Gasteiger partial charge in [-0.15, -0.1) is 0 Å². The summed E-state index contributed by atoms with van der Waals surface area (Å²) in [5.74, 6) is -4.51. The molecule has 0 radical (unpaired) electrons. The molecule has 0 aromatic rings. The second kappa shape index (κ2) is 7.60. The van der Waals surface area contributed by atoms with E-state index < -0.39 is 25.6 Å². The normalized spacial score (nSPS) is 12.1. The lowest BCUT2D eigenvalue weighted by atomic mass is 10.1. The number of unbranched alkanes of at least 4 members (excludes halogenated alkanes) is 2. The van der Waals surface area contributed by atoms with E-state index >= 15 is 0 Å². The molecule has 0 aromatic heterocycles. The van der Waals surface area contributed by atoms with Crippen LogP contribution in [0.1, 0.15) is 32.6 Å². The first-order valence-electron chi connectivity index (χ1n) is 5.15. The minimum Gasteiger partial charge on any atom is -0.367 e. The Labute approximate surface area is 92.0 Å². The Bertz CT molecular complexity index is 207. The van der Waals surface area contributed by atoms with Gasteiger partial charge in [-0.3, -0.25) is 4.79 Å². The van der Waals surface area contributed by atoms with Crippen molar-refractivity contribution in [1.82, 2.24) is 0 Å². The minimum absolute atomic E-state index is 0.244. The van der Waals surface area contributed by atoms with Crippen molar-refractivity contribution >= 4 is 5.78 Å². The highest BCUT2D eigenvalue weighted by atomic mass is 19.3. The third kappa shape index (κ3) is 6.76. The Hall–Kier alpha value is -0.650. The second-order valence-electron chi connectivity index (χ2n) is 3.55. The van der Waals surface area contributed by atoms with E-state index in [0.29, 0.717) is 6.42 Å². The topological polar surface area (TPSA) is 26.3 Å². The SMILES string of the molecule is CCCCCC(=O)COCC(F)(F)C(F)F. The van der Waals surface area contributed by atoms with Gasteiger partial charge in [0, 0.05) is 6.42 Å². The summed E-state index contributed by atoms with van der Waals surface area (Å²) in [5.41, 5.74) is 0. The number of carbonyl (C=O) groups is 1. The summed E-state index contributed by atoms with van der Waals surface area (Å²) in [6.45, 7) is 0.0281. The number of alkyl halides is 4. The molecule has 0 aliphatic heterocycles. The summed E-state index contributed by atoms with van der Waals surface area (Å²) in [6.07, 6.45) is -1.03. The van der Waals surface area contributed by atoms with E-state index in [0.717, 1.165) is 12.8 Å². The van der Waals surface area contributed by atoms with E-state index in [-0.39, 0.29) is 12.2 Å². The van der Waals surface area contributed by atoms with Crippen molar-refractivity contribution in [3.8, 4) is 0 Å². The van der Waals surface area contributed by atoms with Crippen LogP contribution in [0.3, 0.4) is 0 Å². The molecule has 0 rings (SSSR count). The lowest BCUT2D eigenvalue weighted by Crippen LogP contribution is -2.33. The number of rotatable bonds is 9. The maximum absolute atomic E-state index is 12.3. The minimum atomic E-state index is -4.18. The van der Waals surface area contributed by atoms with Gasteiger partial charge >= 0.3 is 12.3 Å². The van der Waals surface area contributed by atoms with Gasteiger partial charge in [0.2, 0.25) is 0 Å². The number of halogens is 4. The monoisotopic (exact) mass is 244 g/mol. The third-order valence-electron chi connectivity index (χ3n) is 1.94. The van der Waals surface area contributed by atoms with Gasteiger partial charge in [0.25, 0.3) is 0 Å². The third-order valence-corrected chi connectivity index (χ3v) is 1.94. The predicted octanol–water partition coefficient (Wildman–Crippen LogP) is 3.05. The number of hydrogen-bond donors (Lipinski definition) is 0. The van der Waals surface area contributed by atoms with Crippen LogP contribution in [0.25, 0.3) is 0 Å². The summed E-state index contributed by atoms with van der Waals surface area (Å²) in [7, 11) is 0. The van der Waals surface area contributed by atoms with E-state index in [1.807, 2.05) is 6.92 Å². The zero-order chi connectivity index (χ0) is 12.6. The Morgan fingerprint density at radius 2 is 1.94 bits per heavy atom. The van der Waals surface area contributed by atoms with Gasteiger partial charge in [0.05, 0.1) is 0 Å². The molecule has 0 saturated heterocycles. The molecule has 0 N–H and O–H groups in total. The summed E-state index contributed by atoms with van der Waals surface area (Å²) in [5, 5.41) is 0. The molecular formula is C10H16F4O2. The molecule has 0 unspecified atom stereocenters. The van der Waals surface area contributed by atoms with Gasteiger partial charge < -0.3 is 4.74 Å². The molecule has 96 valence electrons. The molecule has 0 aromatic carbocycles. The van der Waals surface area contributed by atoms with Gasteiger partial charge in [0.1, 0.15) is 13.2 Å². The molecule has 0 fully saturated rings. The summed E-state index contributed by atoms with van der Waals surface area (Å²) in [4.78, 5) is 11.0. The fraction of sp³-hybridized carbons (Fsp3) is 0.900. The van der Waals surface area contributed by atoms with Crippen molar-refractivity contribution in [1.29, 1.82) is 0 Å². The van der Waals surface area contributed by atoms with Crippen LogP contribution in [-0.4, -0.2) is 31.3 Å². The second-order valence-corrected chi connectivity index (χ2v) is 3.55. The standard InChI is InChI=1S/C10H16F4O2/c1-2-3-4-5-8(15)6-16-7-10(13,14)9(11)12/h9H,2-7H2,1H3. The number of hydrogen-bond acceptors (Lipinski definition) is 2. The maximum atomic E-state index is 12.3. The highest BCUT2D eigenvalue weighted by Gasteiger charge is 2.41. The quantitative estimate of drug-likeness (QED) is 0.460. The number of ether oxygens (including phenoxy) is 1. The first-order chi connectivity index (χ1) is 7.40. The van der Waals surface area contributed by atoms with Crippen LogP contribution in [0, 0.1) is 0 Å². The van der Waals surface area contributed by atoms with E-state index in [1.165, 1.54) is 0 Å². The Morgan fingerprint density at radius 3 is 2.44 bits per heavy atom. The lowest BCUT2D eigenvalue weighted by molar-refractivity contribution is -0.168. The zero-order valence-electron chi connectivity index (χ0n) is 9.15. The molecule has 2 nitrogen and oxygen atoms in total. The van der Waals surface area contributed by atoms with Gasteiger partial charge in [0.15, 0.2) is 5.78 Å². The molecule has 0 heterocycles. The molecule has 0 bridgehead atoms. The van der Waals surface area contributed by atoms with Crippen LogP contribution in [0.5, 0.6) is 0 Å². The first-order valence-corrected chi connectivity index (χ1v) is 5.15. The van der Waals surface area contributed by atoms with Crippen LogP contribution in [0.4, 0.5) is 17.6 Å². The molecule has 0 saturated carbocycles. The molecule has 0 spiro atoms. The molecule has 0 aliphatic rings. The summed E-state index contributed by atoms with van der Waals surface area (Å²) >= 11 is 0. The highest BCUT2D eigenvalue weighted by Crippen LogP contribution is 2.22. The Kier molecular flexibility index (Phi) is 7.29. The van der Waals surface area contributed by atoms with Crippen molar-refractivity contribution < 1.29 is 27.1 Å². The van der Waals surface area contributed by atoms with Crippen LogP contribution in [0.2, 0.25) is 0 Å². The zero-order valence-corrected chi connectivity index (χ0v) is 9.15. The molecule has 16 heavy (non-hydrogen) atoms. The van der Waals surface area contributed by atoms with Crippen molar-refractivity contribution in [2.24, 2.45) is 0 Å². The Morgan fingerprint density at radius 1 is 1.31 bits per heavy atom. The molecule has 0 amide bonds. The Balaban J connectivity index is 3.61. The van der Waals surface area contributed by atoms with E-state index in [1.54, 1.807) is 0 Å². The van der Waals surface area contributed by atoms with Gasteiger partial charge in [-0.05, 0) is 6.42 Å². The van der Waals surface area contributed by atoms with E-state index in [9.17, 15) is 22.4 Å². The van der Waals surface area contributed by atoms with Gasteiger partial charge in [-0.25, -0.2) is 8.78 Å². The van der Waals surface area contributed by atoms with Crippen LogP contribution >= 0.6 is 0 Å². The number of carbonyl (C=O) groups excluding carboxylic acids is 1. The smallest absolute Gasteiger partial charge is 0.330 e. The van der Waals surface area contributed by atoms with Crippen LogP contribution < -0.4 is 0 Å². The van der Waals surface area contributed by atoms with E-state index in [2.05, 4.69) is 4.74 Å². The fourth-order valence-electron chi connectivity index (χ4n) is 1.01.